The molecule has 0 N–H and O–H groups in total. The van der Waals surface area contributed by atoms with E-state index >= 15 is 0 Å². The van der Waals surface area contributed by atoms with Crippen molar-refractivity contribution in [2.75, 3.05) is 33.2 Å². The lowest BCUT2D eigenvalue weighted by Crippen LogP contribution is -2.33. The molecular weight excluding hydrogens is 316 g/mol. The van der Waals surface area contributed by atoms with Gasteiger partial charge in [0.2, 0.25) is 0 Å². The molecule has 1 aliphatic heterocycles. The molecule has 2 fully saturated rings. The number of likely N-dealkylation sites (tertiary alicyclic amines) is 1. The van der Waals surface area contributed by atoms with Crippen LogP contribution in [0.3, 0.4) is 0 Å². The van der Waals surface area contributed by atoms with Gasteiger partial charge in [-0.25, -0.2) is 0 Å². The van der Waals surface area contributed by atoms with E-state index in [1.54, 1.807) is 18.4 Å². The Hall–Kier alpha value is -2.08. The summed E-state index contributed by atoms with van der Waals surface area (Å²) in [4.78, 5) is 16.7. The number of fused-ring (bicyclic) bond motifs is 1. The van der Waals surface area contributed by atoms with E-state index in [1.807, 2.05) is 22.8 Å². The van der Waals surface area contributed by atoms with Gasteiger partial charge in [0.1, 0.15) is 0 Å². The van der Waals surface area contributed by atoms with Crippen LogP contribution in [0.2, 0.25) is 0 Å². The molecule has 3 heterocycles. The Bertz CT molecular complexity index is 712. The van der Waals surface area contributed by atoms with E-state index in [4.69, 9.17) is 4.42 Å². The van der Waals surface area contributed by atoms with Crippen LogP contribution in [-0.4, -0.2) is 58.7 Å². The van der Waals surface area contributed by atoms with Crippen LogP contribution < -0.4 is 0 Å². The fraction of sp³-hybridized carbons (Fsp3) is 0.579. The molecular formula is C19H26N4O2. The van der Waals surface area contributed by atoms with Crippen molar-refractivity contribution in [3.05, 3.63) is 42.1 Å². The van der Waals surface area contributed by atoms with Crippen LogP contribution >= 0.6 is 0 Å². The van der Waals surface area contributed by atoms with Crippen LogP contribution in [0.15, 0.2) is 35.2 Å². The second-order valence-electron chi connectivity index (χ2n) is 7.57. The normalized spacial score (nSPS) is 24.8. The van der Waals surface area contributed by atoms with Crippen molar-refractivity contribution in [2.45, 2.75) is 12.8 Å². The Morgan fingerprint density at radius 1 is 1.40 bits per heavy atom. The Morgan fingerprint density at radius 2 is 2.20 bits per heavy atom. The van der Waals surface area contributed by atoms with E-state index in [0.717, 1.165) is 44.9 Å². The highest BCUT2D eigenvalue weighted by molar-refractivity contribution is 5.91. The fourth-order valence-electron chi connectivity index (χ4n) is 4.25. The zero-order valence-corrected chi connectivity index (χ0v) is 15.0. The van der Waals surface area contributed by atoms with E-state index in [2.05, 4.69) is 23.2 Å². The number of carbonyl (C=O) groups is 1. The lowest BCUT2D eigenvalue weighted by atomic mass is 10.2. The van der Waals surface area contributed by atoms with Crippen LogP contribution in [0.1, 0.15) is 22.5 Å². The van der Waals surface area contributed by atoms with Gasteiger partial charge in [0.15, 0.2) is 5.76 Å². The smallest absolute Gasteiger partial charge is 0.289 e. The summed E-state index contributed by atoms with van der Waals surface area (Å²) in [6.45, 7) is 4.03. The van der Waals surface area contributed by atoms with Crippen LogP contribution in [-0.2, 0) is 13.5 Å². The molecule has 2 aliphatic rings. The number of piperidine rings is 1. The molecule has 0 radical (unpaired) electrons. The maximum absolute atomic E-state index is 12.3. The number of amides is 1. The van der Waals surface area contributed by atoms with Gasteiger partial charge in [-0.1, -0.05) is 0 Å². The molecule has 0 spiro atoms. The fourth-order valence-corrected chi connectivity index (χ4v) is 4.25. The molecule has 1 amide bonds. The number of furan rings is 1. The summed E-state index contributed by atoms with van der Waals surface area (Å²) in [5, 5.41) is 4.22. The van der Waals surface area contributed by atoms with Crippen molar-refractivity contribution in [1.82, 2.24) is 19.6 Å². The molecule has 1 saturated carbocycles. The first-order chi connectivity index (χ1) is 12.1. The second kappa shape index (κ2) is 6.67. The quantitative estimate of drug-likeness (QED) is 0.771. The highest BCUT2D eigenvalue weighted by Gasteiger charge is 2.56. The van der Waals surface area contributed by atoms with Crippen molar-refractivity contribution < 1.29 is 9.21 Å². The minimum Gasteiger partial charge on any atom is -0.459 e. The zero-order chi connectivity index (χ0) is 17.4. The Kier molecular flexibility index (Phi) is 4.37. The molecule has 4 rings (SSSR count). The third-order valence-electron chi connectivity index (χ3n) is 5.68. The second-order valence-corrected chi connectivity index (χ2v) is 7.57. The minimum absolute atomic E-state index is 0.0424. The summed E-state index contributed by atoms with van der Waals surface area (Å²) < 4.78 is 7.09. The third-order valence-corrected chi connectivity index (χ3v) is 5.68. The summed E-state index contributed by atoms with van der Waals surface area (Å²) in [6.07, 6.45) is 7.85. The van der Waals surface area contributed by atoms with Gasteiger partial charge >= 0.3 is 0 Å². The molecule has 134 valence electrons. The first-order valence-electron chi connectivity index (χ1n) is 9.10. The van der Waals surface area contributed by atoms with Gasteiger partial charge in [-0.15, -0.1) is 0 Å². The molecule has 2 aromatic heterocycles. The monoisotopic (exact) mass is 342 g/mol. The van der Waals surface area contributed by atoms with Gasteiger partial charge < -0.3 is 14.2 Å². The van der Waals surface area contributed by atoms with Gasteiger partial charge in [0, 0.05) is 32.9 Å². The standard InChI is InChI=1S/C19H26N4O2/c1-21(7-3-5-14-9-20-22(2)10-14)11-15-16-12-23(13-17(15)16)19(24)18-6-4-8-25-18/h4,6,8-10,15-17H,3,5,7,11-13H2,1-2H3/t15?,16-,17+. The SMILES string of the molecule is CN(CCCc1cnn(C)c1)CC1[C@H]2CN(C(=O)c3ccco3)C[C@@H]12. The lowest BCUT2D eigenvalue weighted by Gasteiger charge is -2.21. The highest BCUT2D eigenvalue weighted by Crippen LogP contribution is 2.52. The third kappa shape index (κ3) is 3.49. The van der Waals surface area contributed by atoms with Crippen LogP contribution in [0.5, 0.6) is 0 Å². The van der Waals surface area contributed by atoms with Gasteiger partial charge in [-0.05, 0) is 61.9 Å². The summed E-state index contributed by atoms with van der Waals surface area (Å²) >= 11 is 0. The van der Waals surface area contributed by atoms with E-state index in [9.17, 15) is 4.79 Å². The number of nitrogens with zero attached hydrogens (tertiary/aromatic N) is 4. The number of aromatic nitrogens is 2. The van der Waals surface area contributed by atoms with Crippen molar-refractivity contribution in [2.24, 2.45) is 24.8 Å². The first kappa shape index (κ1) is 16.4. The van der Waals surface area contributed by atoms with Gasteiger partial charge in [0.25, 0.3) is 5.91 Å². The Balaban J connectivity index is 1.17. The summed E-state index contributed by atoms with van der Waals surface area (Å²) in [5.41, 5.74) is 1.31. The molecule has 0 bridgehead atoms. The van der Waals surface area contributed by atoms with E-state index < -0.39 is 0 Å². The summed E-state index contributed by atoms with van der Waals surface area (Å²) in [7, 11) is 4.17. The molecule has 25 heavy (non-hydrogen) atoms. The maximum atomic E-state index is 12.3. The van der Waals surface area contributed by atoms with Crippen molar-refractivity contribution in [3.63, 3.8) is 0 Å². The van der Waals surface area contributed by atoms with Gasteiger partial charge in [0.05, 0.1) is 12.5 Å². The predicted molar refractivity (Wildman–Crippen MR) is 94.1 cm³/mol. The molecule has 2 aromatic rings. The maximum Gasteiger partial charge on any atom is 0.289 e. The van der Waals surface area contributed by atoms with E-state index in [-0.39, 0.29) is 5.91 Å². The summed E-state index contributed by atoms with van der Waals surface area (Å²) in [5.74, 6) is 2.62. The number of aryl methyl sites for hydroxylation is 2. The molecule has 3 atom stereocenters. The Labute approximate surface area is 148 Å². The van der Waals surface area contributed by atoms with E-state index in [1.165, 1.54) is 5.56 Å². The lowest BCUT2D eigenvalue weighted by molar-refractivity contribution is 0.0732. The molecule has 1 unspecified atom stereocenters. The van der Waals surface area contributed by atoms with E-state index in [0.29, 0.717) is 17.6 Å². The predicted octanol–water partition coefficient (Wildman–Crippen LogP) is 1.90. The largest absolute Gasteiger partial charge is 0.459 e. The molecule has 6 nitrogen and oxygen atoms in total. The number of hydrogen-bond donors (Lipinski definition) is 0. The molecule has 1 saturated heterocycles. The number of hydrogen-bond acceptors (Lipinski definition) is 4. The molecule has 1 aliphatic carbocycles. The van der Waals surface area contributed by atoms with Crippen molar-refractivity contribution in [1.29, 1.82) is 0 Å². The zero-order valence-electron chi connectivity index (χ0n) is 15.0. The topological polar surface area (TPSA) is 54.5 Å². The van der Waals surface area contributed by atoms with Crippen molar-refractivity contribution >= 4 is 5.91 Å². The highest BCUT2D eigenvalue weighted by atomic mass is 16.3. The van der Waals surface area contributed by atoms with Gasteiger partial charge in [-0.3, -0.25) is 9.48 Å². The summed E-state index contributed by atoms with van der Waals surface area (Å²) in [6, 6.07) is 3.52. The van der Waals surface area contributed by atoms with Crippen LogP contribution in [0.25, 0.3) is 0 Å². The molecule has 6 heteroatoms. The minimum atomic E-state index is 0.0424. The number of carbonyl (C=O) groups excluding carboxylic acids is 1. The molecule has 0 aromatic carbocycles. The first-order valence-corrected chi connectivity index (χ1v) is 9.10. The van der Waals surface area contributed by atoms with Crippen LogP contribution in [0.4, 0.5) is 0 Å². The van der Waals surface area contributed by atoms with Crippen LogP contribution in [0, 0.1) is 17.8 Å². The average molecular weight is 342 g/mol. The number of rotatable bonds is 7. The van der Waals surface area contributed by atoms with Gasteiger partial charge in [-0.2, -0.15) is 5.10 Å². The Morgan fingerprint density at radius 3 is 2.84 bits per heavy atom. The average Bonchev–Trinajstić information content (AvgIpc) is 3.13. The van der Waals surface area contributed by atoms with Crippen molar-refractivity contribution in [3.8, 4) is 0 Å².